The fourth-order valence-electron chi connectivity index (χ4n) is 2.82. The molecule has 2 unspecified atom stereocenters. The summed E-state index contributed by atoms with van der Waals surface area (Å²) in [7, 11) is 0. The molecule has 3 rings (SSSR count). The van der Waals surface area contributed by atoms with Crippen LogP contribution in [0.2, 0.25) is 0 Å². The number of nitrogens with zero attached hydrogens (tertiary/aromatic N) is 3. The number of hydrogen-bond donors (Lipinski definition) is 1. The number of nitrogens with one attached hydrogen (secondary N) is 1. The Morgan fingerprint density at radius 3 is 2.60 bits per heavy atom. The monoisotopic (exact) mass is 268 g/mol. The third kappa shape index (κ3) is 2.39. The topological polar surface area (TPSA) is 41.0 Å². The van der Waals surface area contributed by atoms with Gasteiger partial charge in [-0.05, 0) is 19.4 Å². The van der Waals surface area contributed by atoms with Crippen LogP contribution in [-0.2, 0) is 5.54 Å². The summed E-state index contributed by atoms with van der Waals surface area (Å²) in [4.78, 5) is 10.7. The van der Waals surface area contributed by atoms with Gasteiger partial charge in [0, 0.05) is 19.1 Å². The Hall–Kier alpha value is -1.94. The van der Waals surface area contributed by atoms with Crippen molar-refractivity contribution in [3.63, 3.8) is 0 Å². The van der Waals surface area contributed by atoms with Crippen LogP contribution in [0.5, 0.6) is 0 Å². The fraction of sp³-hybridized carbons (Fsp3) is 0.375. The van der Waals surface area contributed by atoms with Crippen molar-refractivity contribution in [1.82, 2.24) is 15.3 Å². The Kier molecular flexibility index (Phi) is 3.40. The molecule has 20 heavy (non-hydrogen) atoms. The van der Waals surface area contributed by atoms with Crippen LogP contribution in [0.3, 0.4) is 0 Å². The zero-order valence-electron chi connectivity index (χ0n) is 12.0. The molecular weight excluding hydrogens is 248 g/mol. The number of piperazine rings is 1. The smallest absolute Gasteiger partial charge is 0.115 e. The van der Waals surface area contributed by atoms with Crippen molar-refractivity contribution < 1.29 is 0 Å². The van der Waals surface area contributed by atoms with Gasteiger partial charge in [-0.25, -0.2) is 9.97 Å². The second-order valence-corrected chi connectivity index (χ2v) is 5.65. The standard InChI is InChI=1S/C16H20N4/c1-13-8-19-16(2,14-6-4-3-5-7-14)11-20(13)15-9-17-12-18-10-15/h3-7,9-10,12-13,19H,8,11H2,1-2H3. The molecule has 0 bridgehead atoms. The van der Waals surface area contributed by atoms with Crippen LogP contribution in [0.1, 0.15) is 19.4 Å². The van der Waals surface area contributed by atoms with Gasteiger partial charge in [-0.2, -0.15) is 0 Å². The molecule has 0 aliphatic carbocycles. The summed E-state index contributed by atoms with van der Waals surface area (Å²) in [6, 6.07) is 11.0. The largest absolute Gasteiger partial charge is 0.363 e. The highest BCUT2D eigenvalue weighted by Crippen LogP contribution is 2.29. The van der Waals surface area contributed by atoms with Crippen molar-refractivity contribution in [3.8, 4) is 0 Å². The average molecular weight is 268 g/mol. The summed E-state index contributed by atoms with van der Waals surface area (Å²) in [6.45, 7) is 6.33. The van der Waals surface area contributed by atoms with Crippen LogP contribution in [0.15, 0.2) is 49.1 Å². The average Bonchev–Trinajstić information content (AvgIpc) is 2.52. The molecule has 1 aliphatic rings. The van der Waals surface area contributed by atoms with E-state index in [1.807, 2.05) is 12.4 Å². The third-order valence-corrected chi connectivity index (χ3v) is 4.10. The molecule has 1 fully saturated rings. The van der Waals surface area contributed by atoms with Gasteiger partial charge >= 0.3 is 0 Å². The molecule has 0 amide bonds. The Bertz CT molecular complexity index is 557. The van der Waals surface area contributed by atoms with Crippen LogP contribution in [0, 0.1) is 0 Å². The predicted molar refractivity (Wildman–Crippen MR) is 80.6 cm³/mol. The van der Waals surface area contributed by atoms with Crippen LogP contribution in [-0.4, -0.2) is 29.1 Å². The normalized spacial score (nSPS) is 26.5. The third-order valence-electron chi connectivity index (χ3n) is 4.10. The van der Waals surface area contributed by atoms with Crippen LogP contribution >= 0.6 is 0 Å². The van der Waals surface area contributed by atoms with Crippen LogP contribution < -0.4 is 10.2 Å². The lowest BCUT2D eigenvalue weighted by Gasteiger charge is -2.46. The number of hydrogen-bond acceptors (Lipinski definition) is 4. The molecule has 0 radical (unpaired) electrons. The molecule has 1 aliphatic heterocycles. The van der Waals surface area contributed by atoms with Gasteiger partial charge in [-0.15, -0.1) is 0 Å². The fourth-order valence-corrected chi connectivity index (χ4v) is 2.82. The number of benzene rings is 1. The van der Waals surface area contributed by atoms with E-state index in [0.717, 1.165) is 18.8 Å². The predicted octanol–water partition coefficient (Wildman–Crippen LogP) is 2.19. The molecule has 2 heterocycles. The van der Waals surface area contributed by atoms with Gasteiger partial charge in [-0.3, -0.25) is 0 Å². The summed E-state index contributed by atoms with van der Waals surface area (Å²) in [5.74, 6) is 0. The number of anilines is 1. The quantitative estimate of drug-likeness (QED) is 0.906. The molecular formula is C16H20N4. The summed E-state index contributed by atoms with van der Waals surface area (Å²) in [6.07, 6.45) is 5.35. The lowest BCUT2D eigenvalue weighted by molar-refractivity contribution is 0.299. The maximum atomic E-state index is 4.14. The summed E-state index contributed by atoms with van der Waals surface area (Å²) >= 11 is 0. The van der Waals surface area contributed by atoms with E-state index in [-0.39, 0.29) is 5.54 Å². The Morgan fingerprint density at radius 2 is 1.90 bits per heavy atom. The zero-order chi connectivity index (χ0) is 14.0. The van der Waals surface area contributed by atoms with E-state index in [4.69, 9.17) is 0 Å². The van der Waals surface area contributed by atoms with Crippen molar-refractivity contribution in [2.45, 2.75) is 25.4 Å². The molecule has 4 heteroatoms. The lowest BCUT2D eigenvalue weighted by Crippen LogP contribution is -2.60. The second kappa shape index (κ2) is 5.21. The molecule has 0 saturated carbocycles. The Morgan fingerprint density at radius 1 is 1.20 bits per heavy atom. The van der Waals surface area contributed by atoms with Crippen molar-refractivity contribution in [2.24, 2.45) is 0 Å². The molecule has 2 atom stereocenters. The van der Waals surface area contributed by atoms with E-state index in [9.17, 15) is 0 Å². The highest BCUT2D eigenvalue weighted by atomic mass is 15.3. The van der Waals surface area contributed by atoms with Crippen LogP contribution in [0.25, 0.3) is 0 Å². The first-order valence-corrected chi connectivity index (χ1v) is 7.01. The van der Waals surface area contributed by atoms with Crippen molar-refractivity contribution in [1.29, 1.82) is 0 Å². The van der Waals surface area contributed by atoms with Gasteiger partial charge in [-0.1, -0.05) is 30.3 Å². The van der Waals surface area contributed by atoms with E-state index in [1.54, 1.807) is 6.33 Å². The highest BCUT2D eigenvalue weighted by molar-refractivity contribution is 5.45. The lowest BCUT2D eigenvalue weighted by atomic mass is 9.88. The first-order valence-electron chi connectivity index (χ1n) is 7.01. The maximum Gasteiger partial charge on any atom is 0.115 e. The molecule has 1 aromatic carbocycles. The first-order chi connectivity index (χ1) is 9.69. The van der Waals surface area contributed by atoms with Gasteiger partial charge in [0.15, 0.2) is 0 Å². The maximum absolute atomic E-state index is 4.14. The van der Waals surface area contributed by atoms with Gasteiger partial charge in [0.05, 0.1) is 23.6 Å². The summed E-state index contributed by atoms with van der Waals surface area (Å²) < 4.78 is 0. The minimum Gasteiger partial charge on any atom is -0.363 e. The number of aromatic nitrogens is 2. The van der Waals surface area contributed by atoms with Crippen molar-refractivity contribution >= 4 is 5.69 Å². The van der Waals surface area contributed by atoms with E-state index in [0.29, 0.717) is 6.04 Å². The molecule has 104 valence electrons. The van der Waals surface area contributed by atoms with E-state index < -0.39 is 0 Å². The highest BCUT2D eigenvalue weighted by Gasteiger charge is 2.35. The Balaban J connectivity index is 1.90. The van der Waals surface area contributed by atoms with Gasteiger partial charge < -0.3 is 10.2 Å². The molecule has 0 spiro atoms. The molecule has 1 aromatic heterocycles. The minimum atomic E-state index is -0.0520. The van der Waals surface area contributed by atoms with Crippen LogP contribution in [0.4, 0.5) is 5.69 Å². The summed E-state index contributed by atoms with van der Waals surface area (Å²) in [5, 5.41) is 3.68. The molecule has 2 aromatic rings. The van der Waals surface area contributed by atoms with E-state index in [1.165, 1.54) is 5.56 Å². The van der Waals surface area contributed by atoms with Crippen molar-refractivity contribution in [3.05, 3.63) is 54.6 Å². The van der Waals surface area contributed by atoms with E-state index >= 15 is 0 Å². The van der Waals surface area contributed by atoms with Crippen molar-refractivity contribution in [2.75, 3.05) is 18.0 Å². The first kappa shape index (κ1) is 13.1. The SMILES string of the molecule is CC1CNC(C)(c2ccccc2)CN1c1cncnc1. The molecule has 1 N–H and O–H groups in total. The molecule has 4 nitrogen and oxygen atoms in total. The zero-order valence-corrected chi connectivity index (χ0v) is 12.0. The minimum absolute atomic E-state index is 0.0520. The van der Waals surface area contributed by atoms with Gasteiger partial charge in [0.25, 0.3) is 0 Å². The van der Waals surface area contributed by atoms with E-state index in [2.05, 4.69) is 64.4 Å². The second-order valence-electron chi connectivity index (χ2n) is 5.65. The Labute approximate surface area is 119 Å². The molecule has 1 saturated heterocycles. The van der Waals surface area contributed by atoms with Gasteiger partial charge in [0.2, 0.25) is 0 Å². The van der Waals surface area contributed by atoms with Gasteiger partial charge in [0.1, 0.15) is 6.33 Å². The number of rotatable bonds is 2. The summed E-state index contributed by atoms with van der Waals surface area (Å²) in [5.41, 5.74) is 2.35.